The van der Waals surface area contributed by atoms with Gasteiger partial charge in [-0.25, -0.2) is 0 Å². The second-order valence-corrected chi connectivity index (χ2v) is 4.62. The summed E-state index contributed by atoms with van der Waals surface area (Å²) in [6.45, 7) is 4.31. The summed E-state index contributed by atoms with van der Waals surface area (Å²) in [4.78, 5) is 0.929. The van der Waals surface area contributed by atoms with Crippen LogP contribution in [0, 0.1) is 13.8 Å². The Morgan fingerprint density at radius 3 is 2.53 bits per heavy atom. The van der Waals surface area contributed by atoms with E-state index in [0.29, 0.717) is 0 Å². The molecular formula is C11H17NO2S. The lowest BCUT2D eigenvalue weighted by Crippen LogP contribution is -2.15. The Bertz CT molecular complexity index is 342. The minimum atomic E-state index is -0.582. The fourth-order valence-electron chi connectivity index (χ4n) is 1.21. The Hall–Kier alpha value is -0.710. The summed E-state index contributed by atoms with van der Waals surface area (Å²) in [6, 6.07) is 3.98. The molecule has 1 aromatic rings. The first kappa shape index (κ1) is 12.4. The second kappa shape index (κ2) is 5.39. The number of ether oxygens (including phenoxy) is 1. The Labute approximate surface area is 94.6 Å². The summed E-state index contributed by atoms with van der Waals surface area (Å²) in [5, 5.41) is 9.47. The number of hydrogen-bond acceptors (Lipinski definition) is 4. The van der Waals surface area contributed by atoms with Crippen molar-refractivity contribution in [1.82, 2.24) is 0 Å². The highest BCUT2D eigenvalue weighted by atomic mass is 32.2. The van der Waals surface area contributed by atoms with Crippen LogP contribution < -0.4 is 10.5 Å². The smallest absolute Gasteiger partial charge is 0.132 e. The van der Waals surface area contributed by atoms with Crippen molar-refractivity contribution >= 4 is 11.8 Å². The van der Waals surface area contributed by atoms with E-state index in [9.17, 15) is 5.11 Å². The quantitative estimate of drug-likeness (QED) is 0.607. The Kier molecular flexibility index (Phi) is 4.45. The van der Waals surface area contributed by atoms with Gasteiger partial charge in [-0.1, -0.05) is 11.8 Å². The van der Waals surface area contributed by atoms with E-state index in [2.05, 4.69) is 0 Å². The molecule has 15 heavy (non-hydrogen) atoms. The molecule has 0 aliphatic carbocycles. The number of methoxy groups -OCH3 is 1. The molecule has 0 aliphatic rings. The zero-order chi connectivity index (χ0) is 11.4. The van der Waals surface area contributed by atoms with Gasteiger partial charge in [-0.2, -0.15) is 0 Å². The van der Waals surface area contributed by atoms with Crippen molar-refractivity contribution in [2.75, 3.05) is 13.7 Å². The third-order valence-electron chi connectivity index (χ3n) is 2.24. The predicted molar refractivity (Wildman–Crippen MR) is 63.4 cm³/mol. The van der Waals surface area contributed by atoms with Gasteiger partial charge in [0.25, 0.3) is 0 Å². The number of aliphatic hydroxyl groups is 1. The van der Waals surface area contributed by atoms with Crippen LogP contribution >= 0.6 is 11.8 Å². The predicted octanol–water partition coefficient (Wildman–Crippen LogP) is 1.68. The lowest BCUT2D eigenvalue weighted by Gasteiger charge is -2.13. The van der Waals surface area contributed by atoms with Crippen molar-refractivity contribution < 1.29 is 9.84 Å². The summed E-state index contributed by atoms with van der Waals surface area (Å²) in [7, 11) is 1.63. The minimum absolute atomic E-state index is 0.237. The van der Waals surface area contributed by atoms with Gasteiger partial charge in [-0.15, -0.1) is 0 Å². The first-order chi connectivity index (χ1) is 7.08. The molecule has 3 nitrogen and oxygen atoms in total. The van der Waals surface area contributed by atoms with Gasteiger partial charge < -0.3 is 15.6 Å². The van der Waals surface area contributed by atoms with Crippen LogP contribution in [0.15, 0.2) is 17.0 Å². The highest BCUT2D eigenvalue weighted by molar-refractivity contribution is 7.99. The van der Waals surface area contributed by atoms with Crippen LogP contribution in [0.25, 0.3) is 0 Å². The Morgan fingerprint density at radius 1 is 1.40 bits per heavy atom. The zero-order valence-electron chi connectivity index (χ0n) is 9.28. The molecule has 0 aromatic heterocycles. The van der Waals surface area contributed by atoms with Crippen LogP contribution in [0.5, 0.6) is 5.75 Å². The molecular weight excluding hydrogens is 210 g/mol. The van der Waals surface area contributed by atoms with Crippen LogP contribution in [0.4, 0.5) is 0 Å². The SMILES string of the molecule is COc1cc(C)c(C)cc1SC(O)CN. The normalized spacial score (nSPS) is 12.6. The molecule has 3 N–H and O–H groups in total. The third-order valence-corrected chi connectivity index (χ3v) is 3.28. The average molecular weight is 227 g/mol. The fraction of sp³-hybridized carbons (Fsp3) is 0.455. The molecule has 0 aliphatic heterocycles. The van der Waals surface area contributed by atoms with Crippen molar-refractivity contribution in [3.8, 4) is 5.75 Å². The van der Waals surface area contributed by atoms with E-state index in [4.69, 9.17) is 10.5 Å². The Balaban J connectivity index is 2.99. The summed E-state index contributed by atoms with van der Waals surface area (Å²) in [5.41, 5.74) is 7.15. The van der Waals surface area contributed by atoms with E-state index in [-0.39, 0.29) is 6.54 Å². The standard InChI is InChI=1S/C11H17NO2S/c1-7-4-9(14-3)10(5-8(7)2)15-11(13)6-12/h4-5,11,13H,6,12H2,1-3H3. The monoisotopic (exact) mass is 227 g/mol. The van der Waals surface area contributed by atoms with Crippen LogP contribution in [-0.2, 0) is 0 Å². The van der Waals surface area contributed by atoms with Crippen LogP contribution in [0.2, 0.25) is 0 Å². The van der Waals surface area contributed by atoms with Gasteiger partial charge in [-0.05, 0) is 37.1 Å². The highest BCUT2D eigenvalue weighted by Crippen LogP contribution is 2.33. The van der Waals surface area contributed by atoms with Crippen molar-refractivity contribution in [2.24, 2.45) is 5.73 Å². The molecule has 1 atom stereocenters. The average Bonchev–Trinajstić information content (AvgIpc) is 2.22. The molecule has 1 aromatic carbocycles. The van der Waals surface area contributed by atoms with Gasteiger partial charge in [0.2, 0.25) is 0 Å². The molecule has 4 heteroatoms. The molecule has 1 rings (SSSR count). The lowest BCUT2D eigenvalue weighted by atomic mass is 10.1. The van der Waals surface area contributed by atoms with Crippen molar-refractivity contribution in [1.29, 1.82) is 0 Å². The van der Waals surface area contributed by atoms with E-state index in [1.54, 1.807) is 7.11 Å². The first-order valence-corrected chi connectivity index (χ1v) is 5.66. The summed E-state index contributed by atoms with van der Waals surface area (Å²) >= 11 is 1.32. The van der Waals surface area contributed by atoms with Gasteiger partial charge in [0.15, 0.2) is 0 Å². The molecule has 0 radical (unpaired) electrons. The van der Waals surface area contributed by atoms with E-state index < -0.39 is 5.44 Å². The second-order valence-electron chi connectivity index (χ2n) is 3.40. The molecule has 0 saturated heterocycles. The van der Waals surface area contributed by atoms with Crippen molar-refractivity contribution in [3.63, 3.8) is 0 Å². The molecule has 0 amide bonds. The summed E-state index contributed by atoms with van der Waals surface area (Å²) in [5.74, 6) is 0.788. The largest absolute Gasteiger partial charge is 0.496 e. The zero-order valence-corrected chi connectivity index (χ0v) is 10.1. The molecule has 1 unspecified atom stereocenters. The highest BCUT2D eigenvalue weighted by Gasteiger charge is 2.10. The molecule has 0 bridgehead atoms. The molecule has 0 fully saturated rings. The van der Waals surface area contributed by atoms with E-state index in [0.717, 1.165) is 10.6 Å². The van der Waals surface area contributed by atoms with Gasteiger partial charge >= 0.3 is 0 Å². The number of hydrogen-bond donors (Lipinski definition) is 2. The number of nitrogens with two attached hydrogens (primary N) is 1. The van der Waals surface area contributed by atoms with Gasteiger partial charge in [0.05, 0.1) is 12.0 Å². The number of benzene rings is 1. The minimum Gasteiger partial charge on any atom is -0.496 e. The van der Waals surface area contributed by atoms with E-state index in [1.807, 2.05) is 26.0 Å². The molecule has 0 heterocycles. The third kappa shape index (κ3) is 3.12. The van der Waals surface area contributed by atoms with Crippen molar-refractivity contribution in [3.05, 3.63) is 23.3 Å². The topological polar surface area (TPSA) is 55.5 Å². The fourth-order valence-corrected chi connectivity index (χ4v) is 2.10. The van der Waals surface area contributed by atoms with Crippen LogP contribution in [-0.4, -0.2) is 24.2 Å². The van der Waals surface area contributed by atoms with Crippen molar-refractivity contribution in [2.45, 2.75) is 24.2 Å². The number of rotatable bonds is 4. The van der Waals surface area contributed by atoms with Crippen LogP contribution in [0.1, 0.15) is 11.1 Å². The molecule has 84 valence electrons. The van der Waals surface area contributed by atoms with E-state index in [1.165, 1.54) is 22.9 Å². The van der Waals surface area contributed by atoms with Gasteiger partial charge in [-0.3, -0.25) is 0 Å². The Morgan fingerprint density at radius 2 is 2.00 bits per heavy atom. The maximum Gasteiger partial charge on any atom is 0.132 e. The molecule has 0 saturated carbocycles. The maximum absolute atomic E-state index is 9.47. The number of aryl methyl sites for hydroxylation is 2. The lowest BCUT2D eigenvalue weighted by molar-refractivity contribution is 0.271. The molecule has 0 spiro atoms. The van der Waals surface area contributed by atoms with Gasteiger partial charge in [0, 0.05) is 6.54 Å². The number of thioether (sulfide) groups is 1. The summed E-state index contributed by atoms with van der Waals surface area (Å²) in [6.07, 6.45) is 0. The first-order valence-electron chi connectivity index (χ1n) is 4.78. The van der Waals surface area contributed by atoms with Crippen LogP contribution in [0.3, 0.4) is 0 Å². The number of aliphatic hydroxyl groups excluding tert-OH is 1. The maximum atomic E-state index is 9.47. The van der Waals surface area contributed by atoms with Gasteiger partial charge in [0.1, 0.15) is 11.2 Å². The summed E-state index contributed by atoms with van der Waals surface area (Å²) < 4.78 is 5.25. The van der Waals surface area contributed by atoms with E-state index >= 15 is 0 Å².